The minimum atomic E-state index is -3.49. The predicted molar refractivity (Wildman–Crippen MR) is 215 cm³/mol. The van der Waals surface area contributed by atoms with E-state index in [2.05, 4.69) is 21.6 Å². The van der Waals surface area contributed by atoms with Crippen molar-refractivity contribution in [2.24, 2.45) is 35.5 Å². The van der Waals surface area contributed by atoms with Crippen LogP contribution < -0.4 is 19.7 Å². The van der Waals surface area contributed by atoms with Crippen LogP contribution in [0.25, 0.3) is 0 Å². The molecule has 316 valence electrons. The Kier molecular flexibility index (Phi) is 25.1. The van der Waals surface area contributed by atoms with Gasteiger partial charge in [0.2, 0.25) is 20.0 Å². The van der Waals surface area contributed by atoms with Gasteiger partial charge in [-0.25, -0.2) is 26.3 Å². The summed E-state index contributed by atoms with van der Waals surface area (Å²) >= 11 is 0. The molecule has 0 aliphatic heterocycles. The Hall–Kier alpha value is -2.22. The first kappa shape index (κ1) is 54.8. The van der Waals surface area contributed by atoms with Gasteiger partial charge >= 0.3 is 37.7 Å². The van der Waals surface area contributed by atoms with Crippen molar-refractivity contribution in [3.05, 3.63) is 85.0 Å². The third-order valence-electron chi connectivity index (χ3n) is 11.5. The van der Waals surface area contributed by atoms with E-state index in [0.717, 1.165) is 51.4 Å². The van der Waals surface area contributed by atoms with E-state index in [9.17, 15) is 36.6 Å². The SMILES string of the molecule is O.O.O.O.O=C([O-])CCC/C=C\C[C@H]1[C@@H]2CC[C@@H](C2)[C@@H]1NS(=O)(=O)c1ccccc1.O=C([O-])CCC/C=C\C[C@H]1[C@@H]2CC[C@@H](C2)[C@@H]1NS(=O)(=O)c1ccccc1.[Ca+2]. The van der Waals surface area contributed by atoms with Crippen LogP contribution in [0.1, 0.15) is 89.9 Å². The number of rotatable bonds is 18. The Labute approximate surface area is 367 Å². The number of sulfonamides is 2. The molecule has 0 radical (unpaired) electrons. The van der Waals surface area contributed by atoms with E-state index in [4.69, 9.17) is 0 Å². The van der Waals surface area contributed by atoms with Crippen molar-refractivity contribution in [1.29, 1.82) is 0 Å². The van der Waals surface area contributed by atoms with Crippen LogP contribution in [0, 0.1) is 35.5 Å². The maximum Gasteiger partial charge on any atom is 2.00 e. The van der Waals surface area contributed by atoms with Gasteiger partial charge in [-0.05, 0) is 150 Å². The summed E-state index contributed by atoms with van der Waals surface area (Å²) in [6, 6.07) is 17.1. The molecule has 4 aliphatic rings. The molecule has 0 saturated heterocycles. The summed E-state index contributed by atoms with van der Waals surface area (Å²) in [6.07, 6.45) is 19.4. The molecule has 0 aromatic heterocycles. The first-order valence-electron chi connectivity index (χ1n) is 18.8. The fourth-order valence-corrected chi connectivity index (χ4v) is 11.8. The Bertz CT molecular complexity index is 1640. The molecule has 8 atom stereocenters. The van der Waals surface area contributed by atoms with Gasteiger partial charge in [0.05, 0.1) is 9.79 Å². The number of allylic oxidation sites excluding steroid dienone is 4. The summed E-state index contributed by atoms with van der Waals surface area (Å²) < 4.78 is 56.7. The first-order valence-corrected chi connectivity index (χ1v) is 21.8. The maximum atomic E-state index is 12.7. The number of carbonyl (C=O) groups is 2. The van der Waals surface area contributed by atoms with Gasteiger partial charge in [0, 0.05) is 24.0 Å². The predicted octanol–water partition coefficient (Wildman–Crippen LogP) is 0.813. The molecule has 6 rings (SSSR count). The molecule has 4 fully saturated rings. The summed E-state index contributed by atoms with van der Waals surface area (Å²) in [6.45, 7) is 0. The van der Waals surface area contributed by atoms with Crippen LogP contribution in [0.2, 0.25) is 0 Å². The van der Waals surface area contributed by atoms with E-state index >= 15 is 0 Å². The van der Waals surface area contributed by atoms with Crippen molar-refractivity contribution in [2.45, 2.75) is 112 Å². The summed E-state index contributed by atoms with van der Waals surface area (Å²) in [5, 5.41) is 20.8. The van der Waals surface area contributed by atoms with Crippen LogP contribution in [-0.4, -0.2) is 101 Å². The monoisotopic (exact) mass is 864 g/mol. The van der Waals surface area contributed by atoms with E-state index in [0.29, 0.717) is 58.1 Å². The van der Waals surface area contributed by atoms with Gasteiger partial charge in [0.15, 0.2) is 0 Å². The molecule has 0 unspecified atom stereocenters. The van der Waals surface area contributed by atoms with Gasteiger partial charge in [0.25, 0.3) is 0 Å². The van der Waals surface area contributed by atoms with Gasteiger partial charge < -0.3 is 41.7 Å². The van der Waals surface area contributed by atoms with E-state index in [-0.39, 0.29) is 84.6 Å². The Morgan fingerprint density at radius 3 is 1.23 bits per heavy atom. The van der Waals surface area contributed by atoms with Crippen molar-refractivity contribution >= 4 is 69.7 Å². The Morgan fingerprint density at radius 1 is 0.561 bits per heavy atom. The number of hydrogen-bond donors (Lipinski definition) is 2. The molecule has 4 bridgehead atoms. The molecule has 2 aromatic carbocycles. The smallest absolute Gasteiger partial charge is 0.550 e. The summed E-state index contributed by atoms with van der Waals surface area (Å²) in [5.41, 5.74) is 0. The van der Waals surface area contributed by atoms with Gasteiger partial charge in [-0.1, -0.05) is 60.7 Å². The number of unbranched alkanes of at least 4 members (excludes halogenated alkanes) is 2. The molecule has 4 aliphatic carbocycles. The van der Waals surface area contributed by atoms with Gasteiger partial charge in [-0.3, -0.25) is 0 Å². The van der Waals surface area contributed by atoms with E-state index < -0.39 is 32.0 Å². The molecular formula is C40H60CaN2O12S2. The molecule has 0 heterocycles. The van der Waals surface area contributed by atoms with Crippen LogP contribution in [0.4, 0.5) is 0 Å². The number of fused-ring (bicyclic) bond motifs is 4. The van der Waals surface area contributed by atoms with Crippen molar-refractivity contribution in [2.75, 3.05) is 0 Å². The van der Waals surface area contributed by atoms with Gasteiger partial charge in [-0.15, -0.1) is 0 Å². The normalized spacial score (nSPS) is 25.5. The zero-order valence-electron chi connectivity index (χ0n) is 32.4. The molecule has 57 heavy (non-hydrogen) atoms. The van der Waals surface area contributed by atoms with Crippen LogP contribution in [0.3, 0.4) is 0 Å². The number of carbonyl (C=O) groups excluding carboxylic acids is 2. The van der Waals surface area contributed by atoms with Crippen LogP contribution in [0.5, 0.6) is 0 Å². The van der Waals surface area contributed by atoms with Crippen LogP contribution in [0.15, 0.2) is 94.8 Å². The number of benzene rings is 2. The molecule has 10 N–H and O–H groups in total. The fraction of sp³-hybridized carbons (Fsp3) is 0.550. The molecule has 0 amide bonds. The number of carboxylic acids is 2. The number of carboxylic acid groups (broad SMARTS) is 2. The third-order valence-corrected chi connectivity index (χ3v) is 14.5. The Morgan fingerprint density at radius 2 is 0.895 bits per heavy atom. The minimum Gasteiger partial charge on any atom is -0.550 e. The average Bonchev–Trinajstić information content (AvgIpc) is 3.92. The van der Waals surface area contributed by atoms with Crippen molar-refractivity contribution in [1.82, 2.24) is 9.44 Å². The standard InChI is InChI=1S/2C20H27NO4S.Ca.4H2O/c2*22-19(23)11-7-2-1-6-10-18-15-12-13-16(14-15)20(18)21-26(24,25)17-8-4-3-5-9-17;;;;;/h2*1,3-6,8-9,15-16,18,20-21H,2,7,10-14H2,(H,22,23);;4*1H2/q;;+2;;;;/p-2/b2*6-1-;;;;;/t2*15-,16+,18+,20+;;;;;/m11...../s1. The zero-order valence-corrected chi connectivity index (χ0v) is 36.2. The van der Waals surface area contributed by atoms with Gasteiger partial charge in [0.1, 0.15) is 0 Å². The molecule has 14 nitrogen and oxygen atoms in total. The van der Waals surface area contributed by atoms with Crippen molar-refractivity contribution < 1.29 is 58.5 Å². The van der Waals surface area contributed by atoms with Crippen molar-refractivity contribution in [3.8, 4) is 0 Å². The largest absolute Gasteiger partial charge is 2.00 e. The summed E-state index contributed by atoms with van der Waals surface area (Å²) in [4.78, 5) is 21.5. The maximum absolute atomic E-state index is 12.7. The zero-order chi connectivity index (χ0) is 37.1. The first-order chi connectivity index (χ1) is 24.9. The Balaban J connectivity index is 0.00000101. The van der Waals surface area contributed by atoms with Gasteiger partial charge in [-0.2, -0.15) is 0 Å². The quantitative estimate of drug-likeness (QED) is 0.122. The minimum absolute atomic E-state index is 0. The third kappa shape index (κ3) is 15.7. The van der Waals surface area contributed by atoms with Crippen LogP contribution in [-0.2, 0) is 29.6 Å². The second-order valence-corrected chi connectivity index (χ2v) is 18.3. The van der Waals surface area contributed by atoms with E-state index in [1.807, 2.05) is 24.3 Å². The number of hydrogen-bond acceptors (Lipinski definition) is 8. The number of aliphatic carboxylic acids is 2. The van der Waals surface area contributed by atoms with Crippen molar-refractivity contribution in [3.63, 3.8) is 0 Å². The molecule has 4 saturated carbocycles. The fourth-order valence-electron chi connectivity index (χ4n) is 9.03. The van der Waals surface area contributed by atoms with E-state index in [1.165, 1.54) is 12.8 Å². The molecule has 17 heteroatoms. The molecule has 2 aromatic rings. The van der Waals surface area contributed by atoms with Crippen LogP contribution >= 0.6 is 0 Å². The average molecular weight is 865 g/mol. The second-order valence-electron chi connectivity index (χ2n) is 14.9. The topological polar surface area (TPSA) is 299 Å². The second kappa shape index (κ2) is 26.1. The molecule has 0 spiro atoms. The summed E-state index contributed by atoms with van der Waals surface area (Å²) in [5.74, 6) is 0.635. The summed E-state index contributed by atoms with van der Waals surface area (Å²) in [7, 11) is -6.99. The number of nitrogens with one attached hydrogen (secondary N) is 2. The molecular weight excluding hydrogens is 805 g/mol. The van der Waals surface area contributed by atoms with E-state index in [1.54, 1.807) is 48.5 Å².